The Kier molecular flexibility index (Phi) is 6.18. The fourth-order valence-corrected chi connectivity index (χ4v) is 3.87. The molecule has 2 N–H and O–H groups in total. The van der Waals surface area contributed by atoms with Gasteiger partial charge in [-0.1, -0.05) is 19.1 Å². The lowest BCUT2D eigenvalue weighted by Gasteiger charge is -2.38. The zero-order chi connectivity index (χ0) is 20.4. The van der Waals surface area contributed by atoms with Crippen LogP contribution in [-0.2, 0) is 4.79 Å². The molecule has 1 aliphatic heterocycles. The van der Waals surface area contributed by atoms with Crippen LogP contribution in [-0.4, -0.2) is 55.6 Å². The highest BCUT2D eigenvalue weighted by atomic mass is 35.5. The smallest absolute Gasteiger partial charge is 0.222 e. The van der Waals surface area contributed by atoms with E-state index < -0.39 is 6.34 Å². The number of likely N-dealkylation sites (tertiary alicyclic amines) is 1. The third kappa shape index (κ3) is 5.20. The molecule has 2 fully saturated rings. The van der Waals surface area contributed by atoms with E-state index in [4.69, 9.17) is 5.54 Å². The van der Waals surface area contributed by atoms with Crippen LogP contribution in [0.5, 0.6) is 0 Å². The number of carbonyl (C=O) groups excluding carboxylic acids is 1. The zero-order valence-electron chi connectivity index (χ0n) is 17.9. The van der Waals surface area contributed by atoms with Crippen LogP contribution in [0.15, 0.2) is 12.2 Å². The van der Waals surface area contributed by atoms with E-state index >= 15 is 0 Å². The van der Waals surface area contributed by atoms with Crippen molar-refractivity contribution in [3.05, 3.63) is 12.2 Å². The first kappa shape index (κ1) is 14.7. The zero-order valence-corrected chi connectivity index (χ0v) is 14.7. The summed E-state index contributed by atoms with van der Waals surface area (Å²) in [7, 11) is 1.29. The number of amides is 1. The van der Waals surface area contributed by atoms with Crippen LogP contribution in [0.1, 0.15) is 43.1 Å². The Balaban J connectivity index is 0.000000453. The first-order chi connectivity index (χ1) is 12.8. The van der Waals surface area contributed by atoms with Gasteiger partial charge in [-0.05, 0) is 48.9 Å². The van der Waals surface area contributed by atoms with Gasteiger partial charge >= 0.3 is 0 Å². The molecule has 0 aromatic rings. The minimum Gasteiger partial charge on any atom is -0.400 e. The number of aliphatic hydroxyl groups excluding tert-OH is 2. The molecule has 3 unspecified atom stereocenters. The van der Waals surface area contributed by atoms with E-state index in [9.17, 15) is 9.90 Å². The van der Waals surface area contributed by atoms with Crippen molar-refractivity contribution in [3.8, 4) is 0 Å². The minimum atomic E-state index is -1.19. The van der Waals surface area contributed by atoms with Crippen LogP contribution < -0.4 is 0 Å². The largest absolute Gasteiger partial charge is 0.400 e. The number of aliphatic hydroxyl groups is 2. The molecular weight excluding hydrogens is 314 g/mol. The highest BCUT2D eigenvalue weighted by Crippen LogP contribution is 2.45. The second kappa shape index (κ2) is 9.65. The number of hydrogen-bond acceptors (Lipinski definition) is 3. The number of piperidine rings is 1. The van der Waals surface area contributed by atoms with Crippen LogP contribution in [0.4, 0.5) is 0 Å². The van der Waals surface area contributed by atoms with Gasteiger partial charge in [0.1, 0.15) is 0 Å². The molecule has 1 saturated heterocycles. The third-order valence-electron chi connectivity index (χ3n) is 5.37. The van der Waals surface area contributed by atoms with E-state index in [2.05, 4.69) is 28.9 Å². The maximum absolute atomic E-state index is 12.4. The Bertz CT molecular complexity index is 465. The Hall–Kier alpha value is -0.580. The average molecular weight is 354 g/mol. The summed E-state index contributed by atoms with van der Waals surface area (Å²) in [5.74, 6) is 2.20. The lowest BCUT2D eigenvalue weighted by molar-refractivity contribution is -0.135. The van der Waals surface area contributed by atoms with E-state index in [1.54, 1.807) is 0 Å². The third-order valence-corrected chi connectivity index (χ3v) is 5.37. The minimum absolute atomic E-state index is 0.0791. The van der Waals surface area contributed by atoms with Crippen molar-refractivity contribution in [3.63, 3.8) is 0 Å². The van der Waals surface area contributed by atoms with E-state index in [1.165, 1.54) is 20.0 Å². The van der Waals surface area contributed by atoms with Crippen molar-refractivity contribution in [1.82, 2.24) is 4.90 Å². The fourth-order valence-electron chi connectivity index (χ4n) is 3.87. The second-order valence-corrected chi connectivity index (χ2v) is 6.78. The molecule has 0 aromatic heterocycles. The maximum Gasteiger partial charge on any atom is 0.222 e. The SMILES string of the molecule is [3H]C([3H])Cl.[3H]CC1(CO)CCN(C(=O)CC2CC3C=CC2C3)CC1.[3H]OC. The molecule has 3 atom stereocenters. The summed E-state index contributed by atoms with van der Waals surface area (Å²) < 4.78 is 25.3. The number of allylic oxidation sites excluding steroid dienone is 2. The number of nitrogens with zero attached hydrogens (tertiary/aromatic N) is 1. The predicted molar refractivity (Wildman–Crippen MR) is 94.4 cm³/mol. The van der Waals surface area contributed by atoms with Crippen LogP contribution in [0, 0.1) is 23.2 Å². The average Bonchev–Trinajstić information content (AvgIpc) is 3.25. The van der Waals surface area contributed by atoms with Crippen molar-refractivity contribution in [2.75, 3.05) is 33.1 Å². The Morgan fingerprint density at radius 3 is 2.52 bits per heavy atom. The van der Waals surface area contributed by atoms with Crippen LogP contribution in [0.2, 0.25) is 0 Å². The second-order valence-electron chi connectivity index (χ2n) is 6.78. The molecule has 5 heteroatoms. The predicted octanol–water partition coefficient (Wildman–Crippen LogP) is 2.67. The van der Waals surface area contributed by atoms with Crippen LogP contribution in [0.3, 0.4) is 0 Å². The Morgan fingerprint density at radius 1 is 1.43 bits per heavy atom. The molecule has 3 aliphatic rings. The number of halogens is 1. The molecular formula is C18H32ClNO3. The first-order valence-corrected chi connectivity index (χ1v) is 8.58. The highest BCUT2D eigenvalue weighted by molar-refractivity contribution is 6.15. The summed E-state index contributed by atoms with van der Waals surface area (Å²) in [4.78, 5) is 14.4. The number of rotatable bonds is 3. The normalized spacial score (nSPS) is 32.7. The summed E-state index contributed by atoms with van der Waals surface area (Å²) in [5, 5.41) is 12.9. The van der Waals surface area contributed by atoms with Crippen molar-refractivity contribution >= 4 is 17.5 Å². The molecule has 0 aromatic carbocycles. The number of hydrogen-bond donors (Lipinski definition) is 2. The number of carbonyl (C=O) groups is 1. The molecule has 3 rings (SSSR count). The molecule has 0 radical (unpaired) electrons. The van der Waals surface area contributed by atoms with Gasteiger partial charge in [0.15, 0.2) is 0 Å². The molecule has 2 bridgehead atoms. The molecule has 1 saturated carbocycles. The quantitative estimate of drug-likeness (QED) is 0.605. The van der Waals surface area contributed by atoms with Gasteiger partial charge in [-0.15, -0.1) is 11.6 Å². The van der Waals surface area contributed by atoms with Gasteiger partial charge in [0, 0.05) is 43.7 Å². The molecule has 2 aliphatic carbocycles. The Morgan fingerprint density at radius 2 is 2.09 bits per heavy atom. The maximum atomic E-state index is 12.4. The Labute approximate surface area is 151 Å². The standard InChI is InChI=1S/C16H25NO2.CH3Cl.CH4O/c1-16(11-18)4-6-17(7-5-16)15(19)10-14-9-12-2-3-13(14)8-12;2*1-2/h2-3,12-14,18H,4-11H2,1H3;1H3;2H,1H3/i1T;1T2;2T. The molecule has 23 heavy (non-hydrogen) atoms. The van der Waals surface area contributed by atoms with Gasteiger partial charge in [-0.25, -0.2) is 0 Å². The summed E-state index contributed by atoms with van der Waals surface area (Å²) in [6.07, 6.45) is 8.11. The van der Waals surface area contributed by atoms with E-state index in [0.29, 0.717) is 18.3 Å². The van der Waals surface area contributed by atoms with Gasteiger partial charge in [-0.2, -0.15) is 0 Å². The number of alkyl halides is 1. The fraction of sp³-hybridized carbons (Fsp3) is 0.833. The summed E-state index contributed by atoms with van der Waals surface area (Å²) in [6.45, 7) is 1.78. The van der Waals surface area contributed by atoms with Gasteiger partial charge in [0.2, 0.25) is 7.34 Å². The highest BCUT2D eigenvalue weighted by Gasteiger charge is 2.38. The van der Waals surface area contributed by atoms with E-state index in [-0.39, 0.29) is 24.8 Å². The van der Waals surface area contributed by atoms with Gasteiger partial charge in [-0.3, -0.25) is 4.79 Å². The lowest BCUT2D eigenvalue weighted by Crippen LogP contribution is -2.44. The molecule has 4 nitrogen and oxygen atoms in total. The molecule has 1 amide bonds. The first-order valence-electron chi connectivity index (χ1n) is 10.4. The monoisotopic (exact) mass is 353 g/mol. The molecule has 1 heterocycles. The molecule has 134 valence electrons. The van der Waals surface area contributed by atoms with Crippen molar-refractivity contribution in [1.29, 1.82) is 1.43 Å². The van der Waals surface area contributed by atoms with Crippen molar-refractivity contribution in [2.24, 2.45) is 23.2 Å². The van der Waals surface area contributed by atoms with Crippen LogP contribution >= 0.6 is 11.6 Å². The number of fused-ring (bicyclic) bond motifs is 2. The van der Waals surface area contributed by atoms with Gasteiger partial charge in [0.25, 0.3) is 0 Å². The van der Waals surface area contributed by atoms with Crippen molar-refractivity contribution in [2.45, 2.75) is 39.0 Å². The van der Waals surface area contributed by atoms with Crippen molar-refractivity contribution < 1.29 is 19.1 Å². The van der Waals surface area contributed by atoms with E-state index in [0.717, 1.165) is 31.8 Å². The summed E-state index contributed by atoms with van der Waals surface area (Å²) in [5.41, 5.74) is -0.258. The summed E-state index contributed by atoms with van der Waals surface area (Å²) >= 11 is 4.61. The summed E-state index contributed by atoms with van der Waals surface area (Å²) in [6, 6.07) is 0. The van der Waals surface area contributed by atoms with Gasteiger partial charge in [0.05, 0.1) is 0 Å². The van der Waals surface area contributed by atoms with Crippen LogP contribution in [0.25, 0.3) is 0 Å². The topological polar surface area (TPSA) is 60.8 Å². The van der Waals surface area contributed by atoms with Gasteiger partial charge < -0.3 is 15.1 Å². The molecule has 0 spiro atoms. The van der Waals surface area contributed by atoms with E-state index in [1.807, 2.05) is 4.90 Å². The lowest BCUT2D eigenvalue weighted by atomic mass is 9.81.